The molecule has 1 aromatic carbocycles. The number of benzene rings is 1. The van der Waals surface area contributed by atoms with E-state index in [0.29, 0.717) is 22.3 Å². The zero-order chi connectivity index (χ0) is 17.7. The van der Waals surface area contributed by atoms with Gasteiger partial charge in [-0.1, -0.05) is 39.7 Å². The lowest BCUT2D eigenvalue weighted by Gasteiger charge is -2.04. The van der Waals surface area contributed by atoms with Crippen LogP contribution in [0, 0.1) is 0 Å². The van der Waals surface area contributed by atoms with Crippen LogP contribution in [0.15, 0.2) is 28.7 Å². The molecule has 2 aromatic rings. The van der Waals surface area contributed by atoms with Crippen LogP contribution in [0.2, 0.25) is 5.02 Å². The van der Waals surface area contributed by atoms with Crippen LogP contribution in [0.25, 0.3) is 11.3 Å². The molecule has 24 heavy (non-hydrogen) atoms. The minimum atomic E-state index is -0.659. The van der Waals surface area contributed by atoms with Crippen LogP contribution in [-0.4, -0.2) is 22.3 Å². The van der Waals surface area contributed by atoms with Crippen LogP contribution in [0.3, 0.4) is 0 Å². The zero-order valence-electron chi connectivity index (χ0n) is 12.8. The van der Waals surface area contributed by atoms with Gasteiger partial charge in [-0.25, -0.2) is 0 Å². The Hall–Kier alpha value is -1.99. The van der Waals surface area contributed by atoms with Gasteiger partial charge in [0.2, 0.25) is 23.3 Å². The van der Waals surface area contributed by atoms with Crippen molar-refractivity contribution in [3.8, 4) is 22.8 Å². The summed E-state index contributed by atoms with van der Waals surface area (Å²) in [6.07, 6.45) is 0.868. The lowest BCUT2D eigenvalue weighted by molar-refractivity contribution is -0.132. The molecule has 0 unspecified atom stereocenters. The molecule has 128 valence electrons. The third-order valence-corrected chi connectivity index (χ3v) is 3.89. The molecular formula is C16H15BrClNO5. The van der Waals surface area contributed by atoms with Crippen molar-refractivity contribution in [1.29, 1.82) is 0 Å². The number of furan rings is 1. The van der Waals surface area contributed by atoms with Gasteiger partial charge in [-0.2, -0.15) is 0 Å². The van der Waals surface area contributed by atoms with Crippen LogP contribution in [-0.2, 0) is 9.59 Å². The molecule has 6 nitrogen and oxygen atoms in total. The van der Waals surface area contributed by atoms with E-state index in [1.807, 2.05) is 0 Å². The van der Waals surface area contributed by atoms with Crippen molar-refractivity contribution in [2.24, 2.45) is 0 Å². The van der Waals surface area contributed by atoms with Gasteiger partial charge in [-0.3, -0.25) is 14.9 Å². The minimum Gasteiger partial charge on any atom is -0.502 e. The van der Waals surface area contributed by atoms with E-state index in [2.05, 4.69) is 21.2 Å². The Kier molecular flexibility index (Phi) is 6.28. The summed E-state index contributed by atoms with van der Waals surface area (Å²) < 4.78 is 10.5. The summed E-state index contributed by atoms with van der Waals surface area (Å²) in [5.74, 6) is -1.78. The molecule has 2 N–H and O–H groups in total. The standard InChI is InChI=1S/C16H15BrClNO5/c1-9(20)23-15-13(22)14(10-5-2-3-6-11(10)18)24-16(15)19-12(21)7-4-8-17/h2-3,5-6,22H,4,7-8H2,1H3,(H,19,21). The lowest BCUT2D eigenvalue weighted by atomic mass is 10.1. The number of amides is 1. The zero-order valence-corrected chi connectivity index (χ0v) is 15.1. The van der Waals surface area contributed by atoms with Gasteiger partial charge in [-0.05, 0) is 18.6 Å². The number of halogens is 2. The number of alkyl halides is 1. The van der Waals surface area contributed by atoms with Crippen LogP contribution in [0.4, 0.5) is 5.88 Å². The molecule has 0 spiro atoms. The van der Waals surface area contributed by atoms with Crippen molar-refractivity contribution in [2.45, 2.75) is 19.8 Å². The van der Waals surface area contributed by atoms with E-state index in [0.717, 1.165) is 0 Å². The van der Waals surface area contributed by atoms with Crippen molar-refractivity contribution in [3.63, 3.8) is 0 Å². The molecule has 0 saturated heterocycles. The first-order chi connectivity index (χ1) is 11.4. The lowest BCUT2D eigenvalue weighted by Crippen LogP contribution is -2.12. The summed E-state index contributed by atoms with van der Waals surface area (Å²) in [4.78, 5) is 23.2. The first-order valence-electron chi connectivity index (χ1n) is 7.09. The van der Waals surface area contributed by atoms with Crippen LogP contribution >= 0.6 is 27.5 Å². The summed E-state index contributed by atoms with van der Waals surface area (Å²) in [5, 5.41) is 13.8. The van der Waals surface area contributed by atoms with Gasteiger partial charge in [0.15, 0.2) is 5.76 Å². The second-order valence-electron chi connectivity index (χ2n) is 4.85. The Morgan fingerprint density at radius 1 is 1.38 bits per heavy atom. The fourth-order valence-electron chi connectivity index (χ4n) is 1.97. The molecule has 0 aliphatic carbocycles. The second-order valence-corrected chi connectivity index (χ2v) is 6.05. The van der Waals surface area contributed by atoms with E-state index in [4.69, 9.17) is 20.8 Å². The number of aromatic hydroxyl groups is 1. The molecule has 0 fully saturated rings. The van der Waals surface area contributed by atoms with Crippen LogP contribution in [0.5, 0.6) is 11.5 Å². The highest BCUT2D eigenvalue weighted by molar-refractivity contribution is 9.09. The summed E-state index contributed by atoms with van der Waals surface area (Å²) in [7, 11) is 0. The van der Waals surface area contributed by atoms with E-state index in [9.17, 15) is 14.7 Å². The number of carbonyl (C=O) groups is 2. The molecule has 1 heterocycles. The minimum absolute atomic E-state index is 0.00708. The summed E-state index contributed by atoms with van der Waals surface area (Å²) in [6, 6.07) is 6.69. The fourth-order valence-corrected chi connectivity index (χ4v) is 2.47. The van der Waals surface area contributed by atoms with Gasteiger partial charge in [-0.15, -0.1) is 0 Å². The molecule has 8 heteroatoms. The van der Waals surface area contributed by atoms with E-state index in [1.54, 1.807) is 24.3 Å². The van der Waals surface area contributed by atoms with E-state index in [-0.39, 0.29) is 29.7 Å². The van der Waals surface area contributed by atoms with Crippen LogP contribution < -0.4 is 10.1 Å². The highest BCUT2D eigenvalue weighted by atomic mass is 79.9. The van der Waals surface area contributed by atoms with Crippen molar-refractivity contribution in [3.05, 3.63) is 29.3 Å². The second kappa shape index (κ2) is 8.21. The Morgan fingerprint density at radius 3 is 2.71 bits per heavy atom. The quantitative estimate of drug-likeness (QED) is 0.540. The Labute approximate surface area is 151 Å². The van der Waals surface area contributed by atoms with Crippen LogP contribution in [0.1, 0.15) is 19.8 Å². The van der Waals surface area contributed by atoms with E-state index in [1.165, 1.54) is 6.92 Å². The summed E-state index contributed by atoms with van der Waals surface area (Å²) in [6.45, 7) is 1.18. The molecule has 0 saturated carbocycles. The van der Waals surface area contributed by atoms with Gasteiger partial charge in [0, 0.05) is 24.2 Å². The first-order valence-corrected chi connectivity index (χ1v) is 8.58. The summed E-state index contributed by atoms with van der Waals surface area (Å²) >= 11 is 9.34. The summed E-state index contributed by atoms with van der Waals surface area (Å²) in [5.41, 5.74) is 0.408. The number of hydrogen-bond acceptors (Lipinski definition) is 5. The van der Waals surface area contributed by atoms with Crippen molar-refractivity contribution >= 4 is 45.3 Å². The number of carbonyl (C=O) groups excluding carboxylic acids is 2. The number of anilines is 1. The third kappa shape index (κ3) is 4.30. The predicted octanol–water partition coefficient (Wildman–Crippen LogP) is 4.34. The normalized spacial score (nSPS) is 10.5. The molecule has 0 atom stereocenters. The maximum absolute atomic E-state index is 11.9. The number of rotatable bonds is 6. The van der Waals surface area contributed by atoms with Gasteiger partial charge >= 0.3 is 5.97 Å². The van der Waals surface area contributed by atoms with E-state index >= 15 is 0 Å². The SMILES string of the molecule is CC(=O)Oc1c(NC(=O)CCCBr)oc(-c2ccccc2Cl)c1O. The van der Waals surface area contributed by atoms with Crippen molar-refractivity contribution in [1.82, 2.24) is 0 Å². The van der Waals surface area contributed by atoms with Gasteiger partial charge in [0.25, 0.3) is 0 Å². The van der Waals surface area contributed by atoms with E-state index < -0.39 is 11.7 Å². The third-order valence-electron chi connectivity index (χ3n) is 3.00. The number of hydrogen-bond donors (Lipinski definition) is 2. The van der Waals surface area contributed by atoms with Crippen molar-refractivity contribution in [2.75, 3.05) is 10.6 Å². The Morgan fingerprint density at radius 2 is 2.08 bits per heavy atom. The highest BCUT2D eigenvalue weighted by Crippen LogP contribution is 2.47. The molecule has 2 rings (SSSR count). The molecule has 0 bridgehead atoms. The highest BCUT2D eigenvalue weighted by Gasteiger charge is 2.26. The maximum atomic E-state index is 11.9. The molecule has 0 radical (unpaired) electrons. The topological polar surface area (TPSA) is 88.8 Å². The molecule has 0 aliphatic heterocycles. The molecule has 0 aliphatic rings. The Bertz CT molecular complexity index is 759. The number of ether oxygens (including phenoxy) is 1. The predicted molar refractivity (Wildman–Crippen MR) is 93.8 cm³/mol. The monoisotopic (exact) mass is 415 g/mol. The molecule has 1 aromatic heterocycles. The van der Waals surface area contributed by atoms with Crippen molar-refractivity contribution < 1.29 is 23.8 Å². The first kappa shape index (κ1) is 18.4. The van der Waals surface area contributed by atoms with Gasteiger partial charge in [0.05, 0.1) is 5.02 Å². The average Bonchev–Trinajstić information content (AvgIpc) is 2.82. The average molecular weight is 417 g/mol. The number of esters is 1. The number of nitrogens with one attached hydrogen (secondary N) is 1. The molecule has 1 amide bonds. The fraction of sp³-hybridized carbons (Fsp3) is 0.250. The van der Waals surface area contributed by atoms with Gasteiger partial charge in [0.1, 0.15) is 0 Å². The Balaban J connectivity index is 2.42. The largest absolute Gasteiger partial charge is 0.502 e. The smallest absolute Gasteiger partial charge is 0.308 e. The maximum Gasteiger partial charge on any atom is 0.308 e. The van der Waals surface area contributed by atoms with Gasteiger partial charge < -0.3 is 14.3 Å². The molecular weight excluding hydrogens is 402 g/mol.